The fraction of sp³-hybridized carbons (Fsp3) is 0.409. The second-order valence-corrected chi connectivity index (χ2v) is 8.69. The van der Waals surface area contributed by atoms with Gasteiger partial charge >= 0.3 is 0 Å². The van der Waals surface area contributed by atoms with E-state index >= 15 is 0 Å². The van der Waals surface area contributed by atoms with Gasteiger partial charge in [0.1, 0.15) is 5.82 Å². The molecule has 0 N–H and O–H groups in total. The van der Waals surface area contributed by atoms with E-state index in [1.807, 2.05) is 31.2 Å². The first-order valence-electron chi connectivity index (χ1n) is 9.82. The Morgan fingerprint density at radius 1 is 1.18 bits per heavy atom. The zero-order chi connectivity index (χ0) is 19.8. The number of carbonyl (C=O) groups is 1. The van der Waals surface area contributed by atoms with E-state index < -0.39 is 0 Å². The van der Waals surface area contributed by atoms with Crippen molar-refractivity contribution in [1.29, 1.82) is 0 Å². The summed E-state index contributed by atoms with van der Waals surface area (Å²) in [6, 6.07) is 12.5. The third-order valence-corrected chi connectivity index (χ3v) is 6.18. The van der Waals surface area contributed by atoms with Crippen LogP contribution >= 0.6 is 11.8 Å². The summed E-state index contributed by atoms with van der Waals surface area (Å²) in [6.07, 6.45) is 2.32. The van der Waals surface area contributed by atoms with Crippen LogP contribution in [0.2, 0.25) is 0 Å². The Kier molecular flexibility index (Phi) is 5.15. The molecule has 1 aliphatic rings. The number of rotatable bonds is 7. The normalized spacial score (nSPS) is 14.0. The zero-order valence-electron chi connectivity index (χ0n) is 16.8. The molecular weight excluding hydrogens is 368 g/mol. The third kappa shape index (κ3) is 3.53. The van der Waals surface area contributed by atoms with Crippen molar-refractivity contribution in [1.82, 2.24) is 19.3 Å². The van der Waals surface area contributed by atoms with Crippen LogP contribution in [0.1, 0.15) is 66.2 Å². The quantitative estimate of drug-likeness (QED) is 0.412. The first-order chi connectivity index (χ1) is 13.5. The minimum atomic E-state index is 0.139. The predicted molar refractivity (Wildman–Crippen MR) is 113 cm³/mol. The molecule has 2 aromatic heterocycles. The van der Waals surface area contributed by atoms with E-state index in [-0.39, 0.29) is 5.78 Å². The first kappa shape index (κ1) is 19.0. The molecule has 146 valence electrons. The highest BCUT2D eigenvalue weighted by Crippen LogP contribution is 2.41. The second kappa shape index (κ2) is 7.59. The number of hydrogen-bond donors (Lipinski definition) is 0. The van der Waals surface area contributed by atoms with Crippen LogP contribution < -0.4 is 0 Å². The van der Waals surface area contributed by atoms with E-state index in [2.05, 4.69) is 52.2 Å². The van der Waals surface area contributed by atoms with Crippen molar-refractivity contribution in [2.45, 2.75) is 57.7 Å². The lowest BCUT2D eigenvalue weighted by Crippen LogP contribution is -2.09. The molecular formula is C22H26N4OS. The number of aryl methyl sites for hydroxylation is 1. The molecule has 0 amide bonds. The topological polar surface area (TPSA) is 52.7 Å². The van der Waals surface area contributed by atoms with Gasteiger partial charge in [0.05, 0.1) is 5.75 Å². The maximum absolute atomic E-state index is 12.9. The number of Topliss-reactive ketones (excluding diaryl/α,β-unsaturated/α-hetero) is 1. The molecule has 1 aromatic carbocycles. The first-order valence-corrected chi connectivity index (χ1v) is 10.8. The number of hydrogen-bond acceptors (Lipinski definition) is 4. The Labute approximate surface area is 170 Å². The molecule has 3 aromatic rings. The highest BCUT2D eigenvalue weighted by molar-refractivity contribution is 7.99. The van der Waals surface area contributed by atoms with Gasteiger partial charge in [-0.05, 0) is 58.7 Å². The van der Waals surface area contributed by atoms with Gasteiger partial charge in [0.25, 0.3) is 0 Å². The van der Waals surface area contributed by atoms with Crippen molar-refractivity contribution in [3.05, 3.63) is 59.2 Å². The predicted octanol–water partition coefficient (Wildman–Crippen LogP) is 5.12. The van der Waals surface area contributed by atoms with Crippen molar-refractivity contribution in [2.24, 2.45) is 0 Å². The molecule has 0 aliphatic heterocycles. The lowest BCUT2D eigenvalue weighted by Gasteiger charge is -2.13. The van der Waals surface area contributed by atoms with Gasteiger partial charge in [-0.3, -0.25) is 9.36 Å². The number of benzene rings is 1. The molecule has 4 rings (SSSR count). The number of ketones is 1. The van der Waals surface area contributed by atoms with Crippen molar-refractivity contribution in [3.63, 3.8) is 0 Å². The summed E-state index contributed by atoms with van der Waals surface area (Å²) in [5.74, 6) is 2.00. The highest BCUT2D eigenvalue weighted by atomic mass is 32.2. The van der Waals surface area contributed by atoms with E-state index in [0.717, 1.165) is 46.5 Å². The molecule has 0 spiro atoms. The summed E-state index contributed by atoms with van der Waals surface area (Å²) < 4.78 is 4.34. The fourth-order valence-corrected chi connectivity index (χ4v) is 4.70. The van der Waals surface area contributed by atoms with Crippen molar-refractivity contribution >= 4 is 17.5 Å². The molecule has 1 aliphatic carbocycles. The van der Waals surface area contributed by atoms with Gasteiger partial charge in [-0.2, -0.15) is 0 Å². The van der Waals surface area contributed by atoms with Gasteiger partial charge in [-0.25, -0.2) is 0 Å². The van der Waals surface area contributed by atoms with Crippen LogP contribution in [0.3, 0.4) is 0 Å². The van der Waals surface area contributed by atoms with Crippen LogP contribution in [-0.2, 0) is 0 Å². The average Bonchev–Trinajstić information content (AvgIpc) is 3.36. The minimum Gasteiger partial charge on any atom is -0.346 e. The minimum absolute atomic E-state index is 0.139. The van der Waals surface area contributed by atoms with Gasteiger partial charge in [-0.15, -0.1) is 10.2 Å². The smallest absolute Gasteiger partial charge is 0.196 e. The van der Waals surface area contributed by atoms with E-state index in [0.29, 0.717) is 17.7 Å². The molecule has 0 saturated heterocycles. The standard InChI is InChI=1S/C22H26N4OS/c1-14(2)25-15(3)12-19(16(25)4)20(27)13-28-22-24-23-21(17-10-11-17)26(22)18-8-6-5-7-9-18/h5-9,12,14,17H,10-11,13H2,1-4H3. The molecule has 0 bridgehead atoms. The Hall–Kier alpha value is -2.34. The number of carbonyl (C=O) groups excluding carboxylic acids is 1. The van der Waals surface area contributed by atoms with E-state index in [4.69, 9.17) is 0 Å². The second-order valence-electron chi connectivity index (χ2n) is 7.75. The number of para-hydroxylation sites is 1. The number of thioether (sulfide) groups is 1. The maximum Gasteiger partial charge on any atom is 0.196 e. The fourth-order valence-electron chi connectivity index (χ4n) is 3.86. The summed E-state index contributed by atoms with van der Waals surface area (Å²) in [4.78, 5) is 12.9. The largest absolute Gasteiger partial charge is 0.346 e. The summed E-state index contributed by atoms with van der Waals surface area (Å²) in [6.45, 7) is 8.38. The molecule has 1 saturated carbocycles. The van der Waals surface area contributed by atoms with Gasteiger partial charge in [0, 0.05) is 34.6 Å². The van der Waals surface area contributed by atoms with E-state index in [9.17, 15) is 4.79 Å². The molecule has 5 nitrogen and oxygen atoms in total. The molecule has 6 heteroatoms. The van der Waals surface area contributed by atoms with Crippen LogP contribution in [-0.4, -0.2) is 30.9 Å². The van der Waals surface area contributed by atoms with Crippen molar-refractivity contribution in [3.8, 4) is 5.69 Å². The molecule has 0 radical (unpaired) electrons. The Balaban J connectivity index is 1.58. The summed E-state index contributed by atoms with van der Waals surface area (Å²) in [7, 11) is 0. The molecule has 1 fully saturated rings. The van der Waals surface area contributed by atoms with Gasteiger partial charge in [0.15, 0.2) is 10.9 Å². The van der Waals surface area contributed by atoms with E-state index in [1.165, 1.54) is 11.8 Å². The Bertz CT molecular complexity index is 999. The SMILES string of the molecule is Cc1cc(C(=O)CSc2nnc(C3CC3)n2-c2ccccc2)c(C)n1C(C)C. The monoisotopic (exact) mass is 394 g/mol. The van der Waals surface area contributed by atoms with Crippen LogP contribution in [0.5, 0.6) is 0 Å². The van der Waals surface area contributed by atoms with Gasteiger partial charge in [-0.1, -0.05) is 30.0 Å². The van der Waals surface area contributed by atoms with Crippen LogP contribution in [0.15, 0.2) is 41.6 Å². The zero-order valence-corrected chi connectivity index (χ0v) is 17.7. The van der Waals surface area contributed by atoms with Crippen molar-refractivity contribution in [2.75, 3.05) is 5.75 Å². The van der Waals surface area contributed by atoms with Crippen LogP contribution in [0.4, 0.5) is 0 Å². The Morgan fingerprint density at radius 2 is 1.89 bits per heavy atom. The molecule has 2 heterocycles. The molecule has 0 atom stereocenters. The average molecular weight is 395 g/mol. The number of aromatic nitrogens is 4. The summed E-state index contributed by atoms with van der Waals surface area (Å²) >= 11 is 1.47. The lowest BCUT2D eigenvalue weighted by atomic mass is 10.2. The van der Waals surface area contributed by atoms with Crippen LogP contribution in [0.25, 0.3) is 5.69 Å². The van der Waals surface area contributed by atoms with E-state index in [1.54, 1.807) is 0 Å². The molecule has 28 heavy (non-hydrogen) atoms. The summed E-state index contributed by atoms with van der Waals surface area (Å²) in [5, 5.41) is 9.64. The third-order valence-electron chi connectivity index (χ3n) is 5.25. The number of nitrogens with zero attached hydrogens (tertiary/aromatic N) is 4. The summed E-state index contributed by atoms with van der Waals surface area (Å²) in [5.41, 5.74) is 4.04. The maximum atomic E-state index is 12.9. The lowest BCUT2D eigenvalue weighted by molar-refractivity contribution is 0.102. The van der Waals surface area contributed by atoms with Crippen LogP contribution in [0, 0.1) is 13.8 Å². The Morgan fingerprint density at radius 3 is 2.50 bits per heavy atom. The van der Waals surface area contributed by atoms with Gasteiger partial charge < -0.3 is 4.57 Å². The molecule has 0 unspecified atom stereocenters. The van der Waals surface area contributed by atoms with Crippen molar-refractivity contribution < 1.29 is 4.79 Å². The van der Waals surface area contributed by atoms with Gasteiger partial charge in [0.2, 0.25) is 0 Å². The highest BCUT2D eigenvalue weighted by Gasteiger charge is 2.31.